The summed E-state index contributed by atoms with van der Waals surface area (Å²) in [5, 5.41) is 28.1. The molecule has 4 heterocycles. The lowest BCUT2D eigenvalue weighted by molar-refractivity contribution is -0.946. The largest absolute Gasteiger partial charge is 0.506 e. The van der Waals surface area contributed by atoms with Crippen molar-refractivity contribution in [3.05, 3.63) is 166 Å². The zero-order valence-electron chi connectivity index (χ0n) is 36.2. The van der Waals surface area contributed by atoms with Gasteiger partial charge in [0, 0.05) is 36.8 Å². The van der Waals surface area contributed by atoms with Gasteiger partial charge in [-0.3, -0.25) is 4.79 Å². The summed E-state index contributed by atoms with van der Waals surface area (Å²) < 4.78 is 25.6. The molecule has 3 saturated heterocycles. The van der Waals surface area contributed by atoms with Gasteiger partial charge in [0.1, 0.15) is 49.3 Å². The summed E-state index contributed by atoms with van der Waals surface area (Å²) in [6.45, 7) is 6.52. The third kappa shape index (κ3) is 11.6. The number of para-hydroxylation sites is 1. The maximum atomic E-state index is 13.7. The van der Waals surface area contributed by atoms with Crippen LogP contribution in [0.1, 0.15) is 66.5 Å². The third-order valence-corrected chi connectivity index (χ3v) is 12.6. The molecule has 64 heavy (non-hydrogen) atoms. The zero-order valence-corrected chi connectivity index (χ0v) is 36.2. The number of aromatic nitrogens is 1. The zero-order chi connectivity index (χ0) is 44.1. The number of carbonyl (C=O) groups is 1. The standard InChI is InChI=1S/C52H58N4O8/c57-46-22-20-44(45-21-23-49(59)54-51(45)46)47(58)34-53-26-8-3-9-30-61-42-18-10-12-37(32-42)36-63-43-19-11-15-40(33-43)50(39-13-4-1-5-14-39)55-52(60)64-48-35-56(27-24-38(48)25-28-56)29-31-62-41-16-6-2-7-17-41/h1-2,4-7,10-23,32-33,38,47-48,50,53,58H,3,8-9,24-31,34-36H2,(H2-,54,55,57,59,60)/p+1/t38?,47-,48-,50?,56?/m0/s1. The number of hydrogen-bond acceptors (Lipinski definition) is 9. The van der Waals surface area contributed by atoms with Crippen LogP contribution in [0.25, 0.3) is 10.9 Å². The summed E-state index contributed by atoms with van der Waals surface area (Å²) in [6.07, 6.45) is 3.49. The van der Waals surface area contributed by atoms with Crippen LogP contribution in [-0.4, -0.2) is 84.4 Å². The molecule has 12 heteroatoms. The number of piperidine rings is 3. The number of hydrogen-bond donors (Lipinski definition) is 5. The lowest BCUT2D eigenvalue weighted by Crippen LogP contribution is -2.65. The number of unbranched alkanes of at least 4 members (excludes halogenated alkanes) is 2. The van der Waals surface area contributed by atoms with Gasteiger partial charge in [0.15, 0.2) is 6.10 Å². The Morgan fingerprint density at radius 3 is 2.28 bits per heavy atom. The van der Waals surface area contributed by atoms with Gasteiger partial charge in [0.25, 0.3) is 0 Å². The minimum atomic E-state index is -0.788. The van der Waals surface area contributed by atoms with Crippen molar-refractivity contribution in [3.63, 3.8) is 0 Å². The SMILES string of the molecule is O=C(NC(c1ccccc1)c1cccc(OCc2cccc(OCCCCCNC[C@H](O)c3ccc(O)c4[nH]c(=O)ccc34)c2)c1)O[C@H]1C[N+]2(CCOc3ccccc3)CCC1CC2. The monoisotopic (exact) mass is 867 g/mol. The number of aromatic hydroxyl groups is 1. The van der Waals surface area contributed by atoms with E-state index in [1.807, 2.05) is 109 Å². The highest BCUT2D eigenvalue weighted by molar-refractivity contribution is 5.87. The summed E-state index contributed by atoms with van der Waals surface area (Å²) in [6, 6.07) is 41.4. The van der Waals surface area contributed by atoms with Crippen LogP contribution in [0.5, 0.6) is 23.0 Å². The lowest BCUT2D eigenvalue weighted by Gasteiger charge is -2.51. The highest BCUT2D eigenvalue weighted by Crippen LogP contribution is 2.36. The molecule has 1 unspecified atom stereocenters. The number of nitrogens with zero attached hydrogens (tertiary/aromatic N) is 1. The maximum absolute atomic E-state index is 13.7. The van der Waals surface area contributed by atoms with Gasteiger partial charge in [-0.1, -0.05) is 78.9 Å². The van der Waals surface area contributed by atoms with Crippen molar-refractivity contribution in [2.75, 3.05) is 52.5 Å². The number of pyridine rings is 1. The topological polar surface area (TPSA) is 151 Å². The van der Waals surface area contributed by atoms with E-state index < -0.39 is 18.2 Å². The highest BCUT2D eigenvalue weighted by atomic mass is 16.6. The van der Waals surface area contributed by atoms with Crippen LogP contribution in [0.4, 0.5) is 4.79 Å². The molecule has 0 radical (unpaired) electrons. The van der Waals surface area contributed by atoms with Crippen LogP contribution in [0.2, 0.25) is 0 Å². The average molecular weight is 868 g/mol. The van der Waals surface area contributed by atoms with Crippen molar-refractivity contribution < 1.29 is 38.4 Å². The molecular formula is C52H59N4O8+. The van der Waals surface area contributed by atoms with Gasteiger partial charge >= 0.3 is 6.09 Å². The smallest absolute Gasteiger partial charge is 0.408 e. The Balaban J connectivity index is 0.783. The second-order valence-corrected chi connectivity index (χ2v) is 17.0. The molecule has 9 rings (SSSR count). The Morgan fingerprint density at radius 2 is 1.47 bits per heavy atom. The number of phenols is 1. The van der Waals surface area contributed by atoms with E-state index in [9.17, 15) is 19.8 Å². The number of alkyl carbamates (subject to hydrolysis) is 1. The highest BCUT2D eigenvalue weighted by Gasteiger charge is 2.47. The number of rotatable bonds is 21. The Labute approximate surface area is 374 Å². The van der Waals surface area contributed by atoms with E-state index in [-0.39, 0.29) is 17.4 Å². The molecule has 1 aromatic heterocycles. The van der Waals surface area contributed by atoms with E-state index in [1.54, 1.807) is 12.1 Å². The molecule has 0 aliphatic carbocycles. The van der Waals surface area contributed by atoms with Crippen molar-refractivity contribution in [2.24, 2.45) is 5.92 Å². The Hall–Kier alpha value is -6.34. The van der Waals surface area contributed by atoms with Gasteiger partial charge in [0.05, 0.1) is 37.4 Å². The van der Waals surface area contributed by atoms with Gasteiger partial charge in [-0.2, -0.15) is 0 Å². The van der Waals surface area contributed by atoms with E-state index in [1.165, 1.54) is 12.1 Å². The lowest BCUT2D eigenvalue weighted by atomic mass is 9.83. The Morgan fingerprint density at radius 1 is 0.750 bits per heavy atom. The van der Waals surface area contributed by atoms with Crippen molar-refractivity contribution in [3.8, 4) is 23.0 Å². The summed E-state index contributed by atoms with van der Waals surface area (Å²) in [4.78, 5) is 28.1. The fourth-order valence-corrected chi connectivity index (χ4v) is 9.13. The molecule has 334 valence electrons. The molecule has 0 saturated carbocycles. The van der Waals surface area contributed by atoms with Crippen molar-refractivity contribution >= 4 is 17.0 Å². The molecule has 3 atom stereocenters. The molecule has 3 aliphatic rings. The molecule has 5 N–H and O–H groups in total. The fraction of sp³-hybridized carbons (Fsp3) is 0.346. The Kier molecular flexibility index (Phi) is 14.8. The molecule has 3 fully saturated rings. The van der Waals surface area contributed by atoms with E-state index >= 15 is 0 Å². The van der Waals surface area contributed by atoms with Crippen molar-refractivity contribution in [1.82, 2.24) is 15.6 Å². The Bertz CT molecular complexity index is 2490. The van der Waals surface area contributed by atoms with E-state index in [0.717, 1.165) is 97.5 Å². The number of aromatic amines is 1. The van der Waals surface area contributed by atoms with Crippen LogP contribution in [-0.2, 0) is 11.3 Å². The summed E-state index contributed by atoms with van der Waals surface area (Å²) in [7, 11) is 0. The molecular weight excluding hydrogens is 809 g/mol. The number of fused-ring (bicyclic) bond motifs is 4. The van der Waals surface area contributed by atoms with E-state index in [2.05, 4.69) is 15.6 Å². The number of amides is 1. The number of benzene rings is 5. The van der Waals surface area contributed by atoms with Crippen LogP contribution < -0.4 is 30.4 Å². The number of nitrogens with one attached hydrogen (secondary N) is 3. The number of aliphatic hydroxyl groups is 1. The van der Waals surface area contributed by atoms with Gasteiger partial charge in [-0.05, 0) is 96.6 Å². The average Bonchev–Trinajstić information content (AvgIpc) is 3.32. The minimum Gasteiger partial charge on any atom is -0.506 e. The summed E-state index contributed by atoms with van der Waals surface area (Å²) >= 11 is 0. The predicted molar refractivity (Wildman–Crippen MR) is 247 cm³/mol. The summed E-state index contributed by atoms with van der Waals surface area (Å²) in [5.41, 5.74) is 3.48. The normalized spacial score (nSPS) is 18.8. The third-order valence-electron chi connectivity index (χ3n) is 12.6. The molecule has 12 nitrogen and oxygen atoms in total. The number of aliphatic hydroxyl groups excluding tert-OH is 1. The minimum absolute atomic E-state index is 0.0280. The first kappa shape index (κ1) is 44.3. The van der Waals surface area contributed by atoms with Crippen molar-refractivity contribution in [1.29, 1.82) is 0 Å². The van der Waals surface area contributed by atoms with Crippen LogP contribution in [0, 0.1) is 5.92 Å². The number of carbonyl (C=O) groups excluding carboxylic acids is 1. The van der Waals surface area contributed by atoms with Crippen LogP contribution in [0.15, 0.2) is 138 Å². The van der Waals surface area contributed by atoms with Gasteiger partial charge in [-0.15, -0.1) is 0 Å². The van der Waals surface area contributed by atoms with Gasteiger partial charge < -0.3 is 49.3 Å². The maximum Gasteiger partial charge on any atom is 0.408 e. The first-order chi connectivity index (χ1) is 31.3. The number of ether oxygens (including phenoxy) is 4. The fourth-order valence-electron chi connectivity index (χ4n) is 9.13. The van der Waals surface area contributed by atoms with Crippen LogP contribution in [0.3, 0.4) is 0 Å². The summed E-state index contributed by atoms with van der Waals surface area (Å²) in [5.74, 6) is 2.69. The van der Waals surface area contributed by atoms with Gasteiger partial charge in [0.2, 0.25) is 5.56 Å². The quantitative estimate of drug-likeness (QED) is 0.0357. The van der Waals surface area contributed by atoms with Gasteiger partial charge in [-0.25, -0.2) is 4.79 Å². The molecule has 3 aliphatic heterocycles. The van der Waals surface area contributed by atoms with E-state index in [0.29, 0.717) is 54.5 Å². The van der Waals surface area contributed by atoms with Crippen LogP contribution >= 0.6 is 0 Å². The van der Waals surface area contributed by atoms with Crippen molar-refractivity contribution in [2.45, 2.75) is 57.0 Å². The molecule has 0 spiro atoms. The number of phenolic OH excluding ortho intramolecular Hbond substituents is 1. The van der Waals surface area contributed by atoms with E-state index in [4.69, 9.17) is 18.9 Å². The molecule has 2 bridgehead atoms. The number of H-pyrrole nitrogens is 1. The number of quaternary nitrogens is 1. The second-order valence-electron chi connectivity index (χ2n) is 17.0. The first-order valence-electron chi connectivity index (χ1n) is 22.5. The molecule has 5 aromatic carbocycles. The second kappa shape index (κ2) is 21.4. The molecule has 1 amide bonds. The predicted octanol–water partition coefficient (Wildman–Crippen LogP) is 8.19. The molecule has 6 aromatic rings. The first-order valence-corrected chi connectivity index (χ1v) is 22.5.